The van der Waals surface area contributed by atoms with Crippen molar-refractivity contribution in [1.82, 2.24) is 22.3 Å². The van der Waals surface area contributed by atoms with Crippen molar-refractivity contribution in [2.24, 2.45) is 0 Å². The molecule has 0 unspecified atom stereocenters. The van der Waals surface area contributed by atoms with E-state index in [1.807, 2.05) is 0 Å². The molecule has 0 amide bonds. The van der Waals surface area contributed by atoms with Gasteiger partial charge >= 0.3 is 0 Å². The highest BCUT2D eigenvalue weighted by atomic mass is 15.0. The monoisotopic (exact) mass is 1650 g/mol. The van der Waals surface area contributed by atoms with Crippen molar-refractivity contribution in [3.05, 3.63) is 431 Å². The number of fused-ring (bicyclic) bond motifs is 33. The summed E-state index contributed by atoms with van der Waals surface area (Å²) in [6.45, 7) is 0. The van der Waals surface area contributed by atoms with Crippen molar-refractivity contribution in [1.29, 1.82) is 0 Å². The average molecular weight is 1650 g/mol. The molecule has 0 radical (unpaired) electrons. The van der Waals surface area contributed by atoms with Crippen LogP contribution >= 0.6 is 0 Å². The van der Waals surface area contributed by atoms with Crippen LogP contribution in [0, 0.1) is 0 Å². The Bertz CT molecular complexity index is 10600. The van der Waals surface area contributed by atoms with Gasteiger partial charge in [0.25, 0.3) is 0 Å². The molecule has 131 heavy (non-hydrogen) atoms. The summed E-state index contributed by atoms with van der Waals surface area (Å²) in [6, 6.07) is 160. The molecule has 0 N–H and O–H groups in total. The highest BCUT2D eigenvalue weighted by molar-refractivity contribution is 6.44. The van der Waals surface area contributed by atoms with E-state index in [9.17, 15) is 0 Å². The zero-order valence-corrected chi connectivity index (χ0v) is 70.7. The third-order valence-corrected chi connectivity index (χ3v) is 30.0. The second-order valence-electron chi connectivity index (χ2n) is 36.2. The maximum atomic E-state index is 2.51. The van der Waals surface area contributed by atoms with Crippen LogP contribution in [0.4, 0.5) is 0 Å². The van der Waals surface area contributed by atoms with Gasteiger partial charge in [0, 0.05) is 108 Å². The van der Waals surface area contributed by atoms with E-state index >= 15 is 0 Å². The van der Waals surface area contributed by atoms with E-state index in [4.69, 9.17) is 0 Å². The summed E-state index contributed by atoms with van der Waals surface area (Å²) in [4.78, 5) is 0. The molecule has 0 bridgehead atoms. The quantitative estimate of drug-likeness (QED) is 0.153. The fourth-order valence-corrected chi connectivity index (χ4v) is 24.9. The van der Waals surface area contributed by atoms with Gasteiger partial charge in [-0.2, -0.15) is 0 Å². The summed E-state index contributed by atoms with van der Waals surface area (Å²) in [5, 5.41) is 45.1. The van der Waals surface area contributed by atoms with Gasteiger partial charge in [0.1, 0.15) is 0 Å². The lowest BCUT2D eigenvalue weighted by Crippen LogP contribution is -1.96. The molecule has 0 aliphatic carbocycles. The molecule has 33 rings (SSSR count). The molecule has 0 fully saturated rings. The van der Waals surface area contributed by atoms with Crippen LogP contribution in [0.5, 0.6) is 0 Å². The Labute approximate surface area is 747 Å². The first-order chi connectivity index (χ1) is 65.1. The maximum absolute atomic E-state index is 2.51. The van der Waals surface area contributed by atoms with Gasteiger partial charge in [0.2, 0.25) is 0 Å². The first-order valence-electron chi connectivity index (χ1n) is 45.6. The molecule has 8 aromatic heterocycles. The van der Waals surface area contributed by atoms with Gasteiger partial charge in [-0.3, -0.25) is 0 Å². The van der Waals surface area contributed by atoms with Crippen molar-refractivity contribution in [3.63, 3.8) is 0 Å². The molecular weight excluding hydrogens is 1580 g/mol. The Morgan fingerprint density at radius 1 is 0.122 bits per heavy atom. The van der Waals surface area contributed by atoms with Crippen molar-refractivity contribution in [2.45, 2.75) is 0 Å². The van der Waals surface area contributed by atoms with E-state index in [2.05, 4.69) is 453 Å². The van der Waals surface area contributed by atoms with E-state index in [0.717, 1.165) is 0 Å². The largest absolute Gasteiger partial charge is 0.309 e. The lowest BCUT2D eigenvalue weighted by Gasteiger charge is -2.16. The lowest BCUT2D eigenvalue weighted by molar-refractivity contribution is 1.18. The zero-order chi connectivity index (χ0) is 84.8. The van der Waals surface area contributed by atoms with Gasteiger partial charge in [0.05, 0.1) is 77.4 Å². The number of para-hydroxylation sites is 7. The minimum Gasteiger partial charge on any atom is -0.309 e. The van der Waals surface area contributed by atoms with Crippen molar-refractivity contribution < 1.29 is 0 Å². The predicted molar refractivity (Wildman–Crippen MR) is 559 cm³/mol. The van der Waals surface area contributed by atoms with E-state index in [1.165, 1.54) is 300 Å². The van der Waals surface area contributed by atoms with Crippen LogP contribution in [-0.4, -0.2) is 22.3 Å². The van der Waals surface area contributed by atoms with Crippen LogP contribution in [0.25, 0.3) is 300 Å². The fraction of sp³-hybridized carbons (Fsp3) is 0. The second kappa shape index (κ2) is 25.7. The Kier molecular flexibility index (Phi) is 13.7. The Balaban J connectivity index is 0.0000000935. The fourth-order valence-electron chi connectivity index (χ4n) is 24.9. The predicted octanol–water partition coefficient (Wildman–Crippen LogP) is 34.4. The third kappa shape index (κ3) is 9.08. The number of hydrogen-bond donors (Lipinski definition) is 0. The summed E-state index contributed by atoms with van der Waals surface area (Å²) < 4.78 is 12.4. The summed E-state index contributed by atoms with van der Waals surface area (Å²) in [7, 11) is 0. The molecule has 5 heteroatoms. The van der Waals surface area contributed by atoms with Crippen LogP contribution in [0.3, 0.4) is 0 Å². The van der Waals surface area contributed by atoms with Gasteiger partial charge < -0.3 is 22.3 Å². The van der Waals surface area contributed by atoms with E-state index < -0.39 is 0 Å². The molecular formula is C126H71N5. The van der Waals surface area contributed by atoms with Gasteiger partial charge in [-0.15, -0.1) is 0 Å². The van der Waals surface area contributed by atoms with Gasteiger partial charge in [-0.1, -0.05) is 334 Å². The third-order valence-electron chi connectivity index (χ3n) is 30.0. The molecule has 0 atom stereocenters. The Morgan fingerprint density at radius 3 is 0.855 bits per heavy atom. The summed E-state index contributed by atoms with van der Waals surface area (Å²) in [5.74, 6) is 0. The van der Waals surface area contributed by atoms with Crippen LogP contribution in [0.15, 0.2) is 431 Å². The minimum absolute atomic E-state index is 1.18. The molecule has 8 heterocycles. The molecule has 600 valence electrons. The first kappa shape index (κ1) is 69.9. The molecule has 0 aliphatic heterocycles. The SMILES string of the molecule is c1cc(-c2ccc3c4ccccc4c4ccccc4c3c2)cc(-c2ccc3c4c2c2ccccc2c2ccc5c6ccccc6n3c5c24)c1.c1ccc(-n2c3ccccc3c3cc(-c4ccc5c6c4c4ccccc4c4ccc7c8ccccc8n5c7c46)ccc32)cc1.c1ccc2c(c1)c1ccc3c4ccccc4n4c5ccc(-n6c7ccccc7c7ccccc76)c2c5c1c34. The number of rotatable bonds is 5. The van der Waals surface area contributed by atoms with E-state index in [0.29, 0.717) is 0 Å². The van der Waals surface area contributed by atoms with Crippen LogP contribution < -0.4 is 0 Å². The highest BCUT2D eigenvalue weighted by Crippen LogP contribution is 2.55. The smallest absolute Gasteiger partial charge is 0.0627 e. The average Bonchev–Trinajstić information content (AvgIpc) is 1.52. The topological polar surface area (TPSA) is 23.1 Å². The Hall–Kier alpha value is -17.4. The lowest BCUT2D eigenvalue weighted by atomic mass is 9.88. The van der Waals surface area contributed by atoms with Crippen molar-refractivity contribution >= 4 is 255 Å². The summed E-state index contributed by atoms with van der Waals surface area (Å²) in [5.41, 5.74) is 26.6. The van der Waals surface area contributed by atoms with E-state index in [-0.39, 0.29) is 0 Å². The van der Waals surface area contributed by atoms with Crippen LogP contribution in [-0.2, 0) is 0 Å². The first-order valence-corrected chi connectivity index (χ1v) is 45.6. The van der Waals surface area contributed by atoms with Gasteiger partial charge in [-0.05, 0) is 211 Å². The normalized spacial score (nSPS) is 12.6. The molecule has 0 saturated heterocycles. The molecule has 0 saturated carbocycles. The summed E-state index contributed by atoms with van der Waals surface area (Å²) in [6.07, 6.45) is 0. The van der Waals surface area contributed by atoms with Crippen molar-refractivity contribution in [3.8, 4) is 44.8 Å². The molecule has 25 aromatic carbocycles. The maximum Gasteiger partial charge on any atom is 0.0627 e. The minimum atomic E-state index is 1.18. The van der Waals surface area contributed by atoms with Crippen molar-refractivity contribution in [2.75, 3.05) is 0 Å². The number of hydrogen-bond acceptors (Lipinski definition) is 0. The number of benzene rings is 25. The Morgan fingerprint density at radius 2 is 0.397 bits per heavy atom. The highest BCUT2D eigenvalue weighted by Gasteiger charge is 2.31. The van der Waals surface area contributed by atoms with E-state index in [1.54, 1.807) is 0 Å². The van der Waals surface area contributed by atoms with Gasteiger partial charge in [0.15, 0.2) is 0 Å². The zero-order valence-electron chi connectivity index (χ0n) is 70.7. The summed E-state index contributed by atoms with van der Waals surface area (Å²) >= 11 is 0. The number of aromatic nitrogens is 5. The molecule has 33 aromatic rings. The number of nitrogens with zero attached hydrogens (tertiary/aromatic N) is 5. The van der Waals surface area contributed by atoms with Crippen LogP contribution in [0.2, 0.25) is 0 Å². The molecule has 0 spiro atoms. The standard InChI is InChI=1S/C48H27N.C42H24N2.C36H20N2/c1-2-14-34-32(12-1)33-13-3-4-15-35(33)42-27-29(20-21-37(34)42)28-10-9-11-30(26-28)31-24-25-44-47-45(31)39-18-6-5-16-36(39)40-22-23-41-38-17-7-8-19-43(38)49(44)48(41)46(40)47;1-2-10-26(11-3-1)43-35-16-8-7-14-30(35)34-24-25(18-22-37(34)43)27-21-23-38-41-39(27)31-15-5-4-12-28(31)32-19-20-33-29-13-6-9-17-36(29)44(38)42(33)40(32)41;1-2-13-25-21(9-1)26-17-18-27-24-12-5-8-16-30(24)38-32-20-19-31(33(25)35(32)34(26)36(27)38)37-28-14-6-3-10-22(28)23-11-4-7-15-29(23)37/h1-27H;1-24H;1-20H. The van der Waals surface area contributed by atoms with Crippen LogP contribution in [0.1, 0.15) is 0 Å². The van der Waals surface area contributed by atoms with Gasteiger partial charge in [-0.25, -0.2) is 0 Å². The second-order valence-corrected chi connectivity index (χ2v) is 36.2. The molecule has 5 nitrogen and oxygen atoms in total. The molecule has 0 aliphatic rings.